The van der Waals surface area contributed by atoms with Crippen LogP contribution in [0.3, 0.4) is 0 Å². The maximum atomic E-state index is 11.1. The molecule has 1 aromatic carbocycles. The lowest BCUT2D eigenvalue weighted by molar-refractivity contribution is -0.114. The Labute approximate surface area is 129 Å². The lowest BCUT2D eigenvalue weighted by atomic mass is 9.79. The second-order valence-electron chi connectivity index (χ2n) is 6.52. The number of nitrogens with one attached hydrogen (secondary N) is 1. The highest BCUT2D eigenvalue weighted by atomic mass is 16.7. The van der Waals surface area contributed by atoms with E-state index >= 15 is 0 Å². The summed E-state index contributed by atoms with van der Waals surface area (Å²) in [4.78, 5) is 15.3. The minimum absolute atomic E-state index is 0.188. The van der Waals surface area contributed by atoms with Crippen molar-refractivity contribution in [3.05, 3.63) is 18.2 Å². The molecule has 1 aliphatic rings. The molecule has 0 aliphatic carbocycles. The van der Waals surface area contributed by atoms with Gasteiger partial charge in [-0.25, -0.2) is 0 Å². The molecule has 1 N–H and O–H groups in total. The molecule has 2 aromatic rings. The number of oxazole rings is 1. The molecule has 0 saturated carbocycles. The molecule has 2 heterocycles. The number of hydrogen-bond acceptors (Lipinski definition) is 5. The molecule has 1 aromatic heterocycles. The lowest BCUT2D eigenvalue weighted by Gasteiger charge is -2.32. The van der Waals surface area contributed by atoms with E-state index in [1.54, 1.807) is 6.07 Å². The highest BCUT2D eigenvalue weighted by molar-refractivity contribution is 6.62. The van der Waals surface area contributed by atoms with E-state index in [1.807, 2.05) is 39.8 Å². The molecule has 0 radical (unpaired) electrons. The zero-order chi connectivity index (χ0) is 16.1. The first-order chi connectivity index (χ1) is 10.2. The van der Waals surface area contributed by atoms with Crippen LogP contribution in [0, 0.1) is 0 Å². The number of fused-ring (bicyclic) bond motifs is 1. The first-order valence-electron chi connectivity index (χ1n) is 7.22. The van der Waals surface area contributed by atoms with Crippen LogP contribution >= 0.6 is 0 Å². The summed E-state index contributed by atoms with van der Waals surface area (Å²) in [6.07, 6.45) is 0. The van der Waals surface area contributed by atoms with Gasteiger partial charge in [-0.2, -0.15) is 4.98 Å². The molecular weight excluding hydrogens is 283 g/mol. The fourth-order valence-corrected chi connectivity index (χ4v) is 2.27. The van der Waals surface area contributed by atoms with Crippen molar-refractivity contribution in [1.82, 2.24) is 4.98 Å². The van der Waals surface area contributed by atoms with Gasteiger partial charge >= 0.3 is 13.1 Å². The lowest BCUT2D eigenvalue weighted by Crippen LogP contribution is -2.41. The molecule has 1 fully saturated rings. The zero-order valence-electron chi connectivity index (χ0n) is 13.4. The second kappa shape index (κ2) is 4.82. The molecule has 1 amide bonds. The fraction of sp³-hybridized carbons (Fsp3) is 0.467. The van der Waals surface area contributed by atoms with Gasteiger partial charge < -0.3 is 13.7 Å². The summed E-state index contributed by atoms with van der Waals surface area (Å²) in [5.74, 6) is -0.224. The Hall–Kier alpha value is -1.86. The summed E-state index contributed by atoms with van der Waals surface area (Å²) < 4.78 is 17.5. The smallest absolute Gasteiger partial charge is 0.423 e. The quantitative estimate of drug-likeness (QED) is 0.860. The van der Waals surface area contributed by atoms with Crippen LogP contribution in [0.5, 0.6) is 0 Å². The van der Waals surface area contributed by atoms with Crippen LogP contribution in [0.4, 0.5) is 6.01 Å². The summed E-state index contributed by atoms with van der Waals surface area (Å²) in [6, 6.07) is 5.72. The third-order valence-electron chi connectivity index (χ3n) is 4.22. The molecule has 6 nitrogen and oxygen atoms in total. The van der Waals surface area contributed by atoms with Crippen molar-refractivity contribution < 1.29 is 18.5 Å². The molecule has 0 atom stereocenters. The van der Waals surface area contributed by atoms with E-state index in [4.69, 9.17) is 13.7 Å². The van der Waals surface area contributed by atoms with Gasteiger partial charge in [0, 0.05) is 6.92 Å². The van der Waals surface area contributed by atoms with Crippen molar-refractivity contribution in [2.45, 2.75) is 45.8 Å². The summed E-state index contributed by atoms with van der Waals surface area (Å²) in [7, 11) is -0.449. The molecule has 0 spiro atoms. The normalized spacial score (nSPS) is 19.6. The van der Waals surface area contributed by atoms with E-state index in [9.17, 15) is 4.79 Å². The average Bonchev–Trinajstić information content (AvgIpc) is 2.85. The highest BCUT2D eigenvalue weighted by Crippen LogP contribution is 2.36. The third-order valence-corrected chi connectivity index (χ3v) is 4.22. The predicted molar refractivity (Wildman–Crippen MR) is 84.0 cm³/mol. The second-order valence-corrected chi connectivity index (χ2v) is 6.52. The van der Waals surface area contributed by atoms with Gasteiger partial charge in [-0.1, -0.05) is 6.07 Å². The molecule has 3 rings (SSSR count). The number of amides is 1. The van der Waals surface area contributed by atoms with E-state index in [0.29, 0.717) is 11.1 Å². The Kier molecular flexibility index (Phi) is 3.30. The predicted octanol–water partition coefficient (Wildman–Crippen LogP) is 2.09. The number of nitrogens with zero attached hydrogens (tertiary/aromatic N) is 1. The number of hydrogen-bond donors (Lipinski definition) is 1. The van der Waals surface area contributed by atoms with Gasteiger partial charge in [-0.15, -0.1) is 0 Å². The van der Waals surface area contributed by atoms with Gasteiger partial charge in [0.2, 0.25) is 5.91 Å². The number of aromatic nitrogens is 1. The van der Waals surface area contributed by atoms with Gasteiger partial charge in [0.25, 0.3) is 0 Å². The molecule has 7 heteroatoms. The van der Waals surface area contributed by atoms with Crippen molar-refractivity contribution in [2.24, 2.45) is 0 Å². The Morgan fingerprint density at radius 1 is 1.18 bits per heavy atom. The molecule has 1 aliphatic heterocycles. The summed E-state index contributed by atoms with van der Waals surface area (Å²) in [6.45, 7) is 9.45. The van der Waals surface area contributed by atoms with Crippen LogP contribution in [0.15, 0.2) is 22.6 Å². The number of carbonyl (C=O) groups is 1. The van der Waals surface area contributed by atoms with Gasteiger partial charge in [0.15, 0.2) is 5.58 Å². The monoisotopic (exact) mass is 302 g/mol. The maximum Gasteiger partial charge on any atom is 0.494 e. The maximum absolute atomic E-state index is 11.1. The van der Waals surface area contributed by atoms with E-state index < -0.39 is 18.3 Å². The topological polar surface area (TPSA) is 73.6 Å². The minimum atomic E-state index is -0.449. The SMILES string of the molecule is CC(=O)Nc1nc2cc(B3OC(C)(C)C(C)(C)O3)ccc2o1. The van der Waals surface area contributed by atoms with Gasteiger partial charge in [-0.3, -0.25) is 10.1 Å². The summed E-state index contributed by atoms with van der Waals surface area (Å²) >= 11 is 0. The van der Waals surface area contributed by atoms with Crippen molar-refractivity contribution in [3.8, 4) is 0 Å². The van der Waals surface area contributed by atoms with E-state index in [2.05, 4.69) is 10.3 Å². The molecular formula is C15H19BN2O4. The van der Waals surface area contributed by atoms with Crippen LogP contribution < -0.4 is 10.8 Å². The number of anilines is 1. The van der Waals surface area contributed by atoms with Crippen molar-refractivity contribution in [2.75, 3.05) is 5.32 Å². The number of benzene rings is 1. The Bertz CT molecular complexity index is 722. The van der Waals surface area contributed by atoms with Crippen LogP contribution in [0.25, 0.3) is 11.1 Å². The molecule has 22 heavy (non-hydrogen) atoms. The number of rotatable bonds is 2. The van der Waals surface area contributed by atoms with Crippen molar-refractivity contribution in [3.63, 3.8) is 0 Å². The van der Waals surface area contributed by atoms with Crippen LogP contribution in [0.2, 0.25) is 0 Å². The van der Waals surface area contributed by atoms with E-state index in [0.717, 1.165) is 5.46 Å². The van der Waals surface area contributed by atoms with Crippen molar-refractivity contribution in [1.29, 1.82) is 0 Å². The Morgan fingerprint density at radius 3 is 2.41 bits per heavy atom. The third kappa shape index (κ3) is 2.50. The average molecular weight is 302 g/mol. The first-order valence-corrected chi connectivity index (χ1v) is 7.22. The first kappa shape index (κ1) is 15.1. The molecule has 116 valence electrons. The number of carbonyl (C=O) groups excluding carboxylic acids is 1. The van der Waals surface area contributed by atoms with Gasteiger partial charge in [0.1, 0.15) is 5.52 Å². The highest BCUT2D eigenvalue weighted by Gasteiger charge is 2.51. The largest absolute Gasteiger partial charge is 0.494 e. The van der Waals surface area contributed by atoms with E-state index in [-0.39, 0.29) is 11.9 Å². The Balaban J connectivity index is 1.91. The summed E-state index contributed by atoms with van der Waals surface area (Å²) in [5.41, 5.74) is 1.34. The zero-order valence-corrected chi connectivity index (χ0v) is 13.4. The van der Waals surface area contributed by atoms with Crippen LogP contribution in [0.1, 0.15) is 34.6 Å². The summed E-state index contributed by atoms with van der Waals surface area (Å²) in [5, 5.41) is 2.53. The Morgan fingerprint density at radius 2 is 1.82 bits per heavy atom. The molecule has 0 bridgehead atoms. The minimum Gasteiger partial charge on any atom is -0.423 e. The van der Waals surface area contributed by atoms with Gasteiger partial charge in [0.05, 0.1) is 11.2 Å². The molecule has 1 saturated heterocycles. The van der Waals surface area contributed by atoms with Crippen LogP contribution in [-0.4, -0.2) is 29.2 Å². The van der Waals surface area contributed by atoms with Crippen LogP contribution in [-0.2, 0) is 14.1 Å². The molecule has 0 unspecified atom stereocenters. The van der Waals surface area contributed by atoms with E-state index in [1.165, 1.54) is 6.92 Å². The van der Waals surface area contributed by atoms with Gasteiger partial charge in [-0.05, 0) is 45.3 Å². The van der Waals surface area contributed by atoms with Crippen molar-refractivity contribution >= 4 is 35.6 Å². The standard InChI is InChI=1S/C15H19BN2O4/c1-9(19)17-13-18-11-8-10(6-7-12(11)20-13)16-21-14(2,3)15(4,5)22-16/h6-8H,1-5H3,(H,17,18,19). The fourth-order valence-electron chi connectivity index (χ4n) is 2.27.